The maximum atomic E-state index is 13.6. The second kappa shape index (κ2) is 9.83. The highest BCUT2D eigenvalue weighted by molar-refractivity contribution is 7.92. The molecule has 9 nitrogen and oxygen atoms in total. The average molecular weight is 548 g/mol. The Morgan fingerprint density at radius 3 is 2.42 bits per heavy atom. The van der Waals surface area contributed by atoms with Gasteiger partial charge >= 0.3 is 5.97 Å². The van der Waals surface area contributed by atoms with Gasteiger partial charge in [0, 0.05) is 19.2 Å². The van der Waals surface area contributed by atoms with Crippen LogP contribution in [0.1, 0.15) is 75.2 Å². The van der Waals surface area contributed by atoms with E-state index in [-0.39, 0.29) is 36.5 Å². The zero-order chi connectivity index (χ0) is 28.0. The fourth-order valence-electron chi connectivity index (χ4n) is 4.97. The zero-order valence-corrected chi connectivity index (χ0v) is 23.1. The molecule has 2 heterocycles. The predicted molar refractivity (Wildman–Crippen MR) is 140 cm³/mol. The van der Waals surface area contributed by atoms with Gasteiger partial charge < -0.3 is 15.2 Å². The quantitative estimate of drug-likeness (QED) is 0.462. The lowest BCUT2D eigenvalue weighted by molar-refractivity contribution is -0.147. The number of carboxylic acid groups (broad SMARTS) is 1. The molecule has 2 aromatic rings. The summed E-state index contributed by atoms with van der Waals surface area (Å²) in [5.41, 5.74) is -0.365. The first kappa shape index (κ1) is 27.8. The number of carbonyl (C=O) groups is 2. The summed E-state index contributed by atoms with van der Waals surface area (Å²) in [5.74, 6) is -1.21. The standard InChI is InChI=1S/C27H34FN3O6S/c1-26(2,25(33)34)13-6-14-31(38(5,35)36)22-19(16-7-8-16)15-20-23(30-22)37-21(27(20,3)24(32)29-4)17-9-11-18(28)12-10-17/h9-12,15-16,21H,6-8,13-14H2,1-5H3,(H,29,32)(H,33,34). The first-order chi connectivity index (χ1) is 17.7. The molecule has 206 valence electrons. The van der Waals surface area contributed by atoms with Crippen LogP contribution < -0.4 is 14.4 Å². The molecule has 11 heteroatoms. The number of nitrogens with zero attached hydrogens (tertiary/aromatic N) is 2. The van der Waals surface area contributed by atoms with Crippen molar-refractivity contribution in [1.29, 1.82) is 0 Å². The van der Waals surface area contributed by atoms with Crippen molar-refractivity contribution in [2.75, 3.05) is 24.2 Å². The smallest absolute Gasteiger partial charge is 0.309 e. The van der Waals surface area contributed by atoms with Crippen molar-refractivity contribution in [3.63, 3.8) is 0 Å². The average Bonchev–Trinajstić information content (AvgIpc) is 3.65. The van der Waals surface area contributed by atoms with E-state index in [1.54, 1.807) is 32.9 Å². The number of carbonyl (C=O) groups excluding carboxylic acids is 1. The van der Waals surface area contributed by atoms with Crippen LogP contribution in [0.15, 0.2) is 30.3 Å². The van der Waals surface area contributed by atoms with Crippen molar-refractivity contribution in [1.82, 2.24) is 10.3 Å². The second-order valence-electron chi connectivity index (χ2n) is 11.0. The van der Waals surface area contributed by atoms with E-state index in [2.05, 4.69) is 5.32 Å². The molecule has 0 bridgehead atoms. The summed E-state index contributed by atoms with van der Waals surface area (Å²) in [6, 6.07) is 7.54. The van der Waals surface area contributed by atoms with Crippen molar-refractivity contribution in [2.24, 2.45) is 5.41 Å². The molecule has 0 radical (unpaired) electrons. The molecular formula is C27H34FN3O6S. The minimum absolute atomic E-state index is 0.0507. The van der Waals surface area contributed by atoms with E-state index in [4.69, 9.17) is 9.72 Å². The molecule has 2 aliphatic rings. The van der Waals surface area contributed by atoms with Crippen LogP contribution in [0.3, 0.4) is 0 Å². The molecular weight excluding hydrogens is 513 g/mol. The van der Waals surface area contributed by atoms with Gasteiger partial charge in [-0.2, -0.15) is 4.98 Å². The van der Waals surface area contributed by atoms with Gasteiger partial charge in [-0.05, 0) is 81.7 Å². The number of fused-ring (bicyclic) bond motifs is 1. The molecule has 1 amide bonds. The van der Waals surface area contributed by atoms with Crippen molar-refractivity contribution in [3.05, 3.63) is 52.8 Å². The van der Waals surface area contributed by atoms with Gasteiger partial charge in [-0.3, -0.25) is 13.9 Å². The Balaban J connectivity index is 1.80. The number of rotatable bonds is 10. The number of pyridine rings is 1. The third-order valence-corrected chi connectivity index (χ3v) is 8.73. The highest BCUT2D eigenvalue weighted by atomic mass is 32.2. The molecule has 1 aliphatic heterocycles. The molecule has 1 saturated carbocycles. The molecule has 0 spiro atoms. The van der Waals surface area contributed by atoms with Gasteiger partial charge in [0.1, 0.15) is 23.2 Å². The number of likely N-dealkylation sites (N-methyl/N-ethyl adjacent to an activating group) is 1. The molecule has 1 aliphatic carbocycles. The highest BCUT2D eigenvalue weighted by Gasteiger charge is 2.53. The third-order valence-electron chi connectivity index (χ3n) is 7.58. The Morgan fingerprint density at radius 2 is 1.89 bits per heavy atom. The van der Waals surface area contributed by atoms with Gasteiger partial charge in [-0.25, -0.2) is 12.8 Å². The SMILES string of the molecule is CNC(=O)C1(C)c2cc(C3CC3)c(N(CCCC(C)(C)C(=O)O)S(C)(=O)=O)nc2OC1c1ccc(F)cc1. The van der Waals surface area contributed by atoms with Crippen LogP contribution in [-0.4, -0.2) is 50.2 Å². The van der Waals surface area contributed by atoms with Crippen LogP contribution >= 0.6 is 0 Å². The molecule has 38 heavy (non-hydrogen) atoms. The van der Waals surface area contributed by atoms with Crippen molar-refractivity contribution < 1.29 is 32.2 Å². The van der Waals surface area contributed by atoms with E-state index in [1.807, 2.05) is 6.07 Å². The van der Waals surface area contributed by atoms with Crippen LogP contribution in [0.4, 0.5) is 10.2 Å². The number of benzene rings is 1. The Morgan fingerprint density at radius 1 is 1.26 bits per heavy atom. The summed E-state index contributed by atoms with van der Waals surface area (Å²) in [6.45, 7) is 5.00. The van der Waals surface area contributed by atoms with E-state index >= 15 is 0 Å². The minimum Gasteiger partial charge on any atom is -0.481 e. The van der Waals surface area contributed by atoms with Crippen LogP contribution in [0.5, 0.6) is 5.88 Å². The third kappa shape index (κ3) is 5.08. The summed E-state index contributed by atoms with van der Waals surface area (Å²) < 4.78 is 47.0. The number of hydrogen-bond donors (Lipinski definition) is 2. The molecule has 1 aromatic carbocycles. The number of ether oxygens (including phenoxy) is 1. The fraction of sp³-hybridized carbons (Fsp3) is 0.519. The van der Waals surface area contributed by atoms with Crippen molar-refractivity contribution >= 4 is 27.7 Å². The highest BCUT2D eigenvalue weighted by Crippen LogP contribution is 2.54. The summed E-state index contributed by atoms with van der Waals surface area (Å²) >= 11 is 0. The number of sulfonamides is 1. The summed E-state index contributed by atoms with van der Waals surface area (Å²) in [7, 11) is -2.25. The fourth-order valence-corrected chi connectivity index (χ4v) is 5.89. The van der Waals surface area contributed by atoms with E-state index in [0.29, 0.717) is 23.1 Å². The van der Waals surface area contributed by atoms with Crippen LogP contribution in [-0.2, 0) is 25.0 Å². The number of aromatic nitrogens is 1. The number of nitrogens with one attached hydrogen (secondary N) is 1. The summed E-state index contributed by atoms with van der Waals surface area (Å²) in [5, 5.41) is 12.1. The lowest BCUT2D eigenvalue weighted by Crippen LogP contribution is -2.43. The van der Waals surface area contributed by atoms with Gasteiger partial charge in [-0.1, -0.05) is 12.1 Å². The maximum absolute atomic E-state index is 13.6. The number of anilines is 1. The van der Waals surface area contributed by atoms with E-state index in [1.165, 1.54) is 23.5 Å². The molecule has 1 aromatic heterocycles. The lowest BCUT2D eigenvalue weighted by Gasteiger charge is -2.29. The van der Waals surface area contributed by atoms with Crippen LogP contribution in [0, 0.1) is 11.2 Å². The zero-order valence-electron chi connectivity index (χ0n) is 22.2. The minimum atomic E-state index is -3.77. The van der Waals surface area contributed by atoms with Gasteiger partial charge in [0.25, 0.3) is 0 Å². The normalized spacial score (nSPS) is 20.9. The number of halogens is 1. The van der Waals surface area contributed by atoms with Crippen LogP contribution in [0.25, 0.3) is 0 Å². The van der Waals surface area contributed by atoms with Gasteiger partial charge in [-0.15, -0.1) is 0 Å². The van der Waals surface area contributed by atoms with Crippen molar-refractivity contribution in [3.8, 4) is 5.88 Å². The number of aliphatic carboxylic acids is 1. The second-order valence-corrected chi connectivity index (χ2v) is 12.9. The van der Waals surface area contributed by atoms with Gasteiger partial charge in [0.15, 0.2) is 0 Å². The molecule has 0 saturated heterocycles. The Labute approximate surface area is 222 Å². The lowest BCUT2D eigenvalue weighted by atomic mass is 9.75. The molecule has 2 atom stereocenters. The number of hydrogen-bond acceptors (Lipinski definition) is 6. The van der Waals surface area contributed by atoms with Gasteiger partial charge in [0.2, 0.25) is 21.8 Å². The largest absolute Gasteiger partial charge is 0.481 e. The molecule has 2 N–H and O–H groups in total. The summed E-state index contributed by atoms with van der Waals surface area (Å²) in [4.78, 5) is 29.5. The first-order valence-electron chi connectivity index (χ1n) is 12.6. The number of amides is 1. The topological polar surface area (TPSA) is 126 Å². The Hall–Kier alpha value is -3.21. The summed E-state index contributed by atoms with van der Waals surface area (Å²) in [6.07, 6.45) is 2.58. The maximum Gasteiger partial charge on any atom is 0.309 e. The number of carboxylic acids is 1. The monoisotopic (exact) mass is 547 g/mol. The van der Waals surface area contributed by atoms with E-state index < -0.39 is 38.7 Å². The van der Waals surface area contributed by atoms with Gasteiger partial charge in [0.05, 0.1) is 11.7 Å². The van der Waals surface area contributed by atoms with Crippen molar-refractivity contribution in [2.45, 2.75) is 63.9 Å². The van der Waals surface area contributed by atoms with E-state index in [0.717, 1.165) is 19.1 Å². The first-order valence-corrected chi connectivity index (χ1v) is 14.5. The predicted octanol–water partition coefficient (Wildman–Crippen LogP) is 3.89. The molecule has 1 fully saturated rings. The molecule has 4 rings (SSSR count). The molecule has 2 unspecified atom stereocenters. The Kier molecular flexibility index (Phi) is 7.20. The van der Waals surface area contributed by atoms with Crippen LogP contribution in [0.2, 0.25) is 0 Å². The van der Waals surface area contributed by atoms with E-state index in [9.17, 15) is 27.5 Å². The Bertz CT molecular complexity index is 1360.